The van der Waals surface area contributed by atoms with Crippen molar-refractivity contribution >= 4 is 10.4 Å². The molecule has 0 saturated carbocycles. The van der Waals surface area contributed by atoms with Crippen LogP contribution >= 0.6 is 0 Å². The van der Waals surface area contributed by atoms with Crippen LogP contribution < -0.4 is 0 Å². The van der Waals surface area contributed by atoms with Gasteiger partial charge in [0.1, 0.15) is 0 Å². The number of hydrogen-bond donors (Lipinski definition) is 0. The molecule has 0 fully saturated rings. The first-order valence-corrected chi connectivity index (χ1v) is 2.00. The second kappa shape index (κ2) is 11.1. The Hall–Kier alpha value is 0.269. The fraction of sp³-hybridized carbons (Fsp3) is 0. The van der Waals surface area contributed by atoms with Crippen LogP contribution in [0.1, 0.15) is 0 Å². The van der Waals surface area contributed by atoms with E-state index in [0.29, 0.717) is 0 Å². The van der Waals surface area contributed by atoms with Crippen molar-refractivity contribution in [2.75, 3.05) is 0 Å². The van der Waals surface area contributed by atoms with Crippen LogP contribution in [0.5, 0.6) is 0 Å². The van der Waals surface area contributed by atoms with Gasteiger partial charge in [0.2, 0.25) is 0 Å². The molecule has 7 nitrogen and oxygen atoms in total. The molecule has 0 unspecified atom stereocenters. The predicted octanol–water partition coefficient (Wildman–Crippen LogP) is -3.81. The van der Waals surface area contributed by atoms with Gasteiger partial charge < -0.3 is 25.5 Å². The molecule has 0 spiro atoms. The van der Waals surface area contributed by atoms with Crippen LogP contribution in [0, 0.1) is 0 Å². The summed E-state index contributed by atoms with van der Waals surface area (Å²) in [6.45, 7) is 0. The largest absolute Gasteiger partial charge is 3.00 e. The van der Waals surface area contributed by atoms with Crippen LogP contribution in [0.4, 0.5) is 0 Å². The minimum Gasteiger partial charge on any atom is -0.759 e. The van der Waals surface area contributed by atoms with Crippen LogP contribution in [0.15, 0.2) is 0 Å². The summed E-state index contributed by atoms with van der Waals surface area (Å²) in [6, 6.07) is 0. The Morgan fingerprint density at radius 2 is 0.889 bits per heavy atom. The molecule has 1 radical (unpaired) electrons. The zero-order valence-corrected chi connectivity index (χ0v) is 5.82. The molecule has 0 aliphatic heterocycles. The molecule has 0 heterocycles. The summed E-state index contributed by atoms with van der Waals surface area (Å²) < 4.78 is 34.1. The van der Waals surface area contributed by atoms with E-state index in [1.54, 1.807) is 0 Å². The van der Waals surface area contributed by atoms with Crippen molar-refractivity contribution < 1.29 is 51.0 Å². The molecule has 0 aliphatic rings. The van der Waals surface area contributed by atoms with Gasteiger partial charge >= 0.3 is 17.1 Å². The second-order valence-electron chi connectivity index (χ2n) is 0.408. The Morgan fingerprint density at radius 3 is 0.889 bits per heavy atom. The second-order valence-corrected chi connectivity index (χ2v) is 1.22. The maximum absolute atomic E-state index is 8.52. The molecule has 0 aromatic rings. The zero-order valence-electron chi connectivity index (χ0n) is 3.89. The number of rotatable bonds is 0. The third-order valence-electron chi connectivity index (χ3n) is 0. The van der Waals surface area contributed by atoms with Crippen molar-refractivity contribution in [3.05, 3.63) is 0 Å². The fourth-order valence-electron chi connectivity index (χ4n) is 0. The Morgan fingerprint density at radius 1 is 0.889 bits per heavy atom. The van der Waals surface area contributed by atoms with E-state index >= 15 is 0 Å². The maximum atomic E-state index is 8.52. The van der Waals surface area contributed by atoms with E-state index in [-0.39, 0.29) is 33.5 Å². The summed E-state index contributed by atoms with van der Waals surface area (Å²) in [5.74, 6) is 0. The minimum absolute atomic E-state index is 0. The van der Waals surface area contributed by atoms with Gasteiger partial charge in [-0.1, -0.05) is 0 Å². The molecule has 0 aromatic heterocycles. The zero-order chi connectivity index (χ0) is 4.50. The molecular weight excluding hydrogens is 200 g/mol. The normalized spacial score (nSPS) is 6.44. The Balaban J connectivity index is -0.0000000133. The molecule has 9 heavy (non-hydrogen) atoms. The van der Waals surface area contributed by atoms with Gasteiger partial charge in [0.15, 0.2) is 0 Å². The van der Waals surface area contributed by atoms with Gasteiger partial charge in [0.05, 0.1) is 0 Å². The molecule has 0 atom stereocenters. The predicted molar refractivity (Wildman–Crippen MR) is 21.3 cm³/mol. The monoisotopic (exact) mass is 206 g/mol. The van der Waals surface area contributed by atoms with Gasteiger partial charge in [-0.3, -0.25) is 8.42 Å². The van der Waals surface area contributed by atoms with E-state index in [1.807, 2.05) is 0 Å². The molecule has 6 N–H and O–H groups in total. The molecule has 0 rings (SSSR count). The van der Waals surface area contributed by atoms with Crippen molar-refractivity contribution in [1.29, 1.82) is 0 Å². The summed E-state index contributed by atoms with van der Waals surface area (Å²) in [4.78, 5) is 0. The summed E-state index contributed by atoms with van der Waals surface area (Å²) >= 11 is 0. The van der Waals surface area contributed by atoms with E-state index in [9.17, 15) is 0 Å². The topological polar surface area (TPSA) is 175 Å². The maximum Gasteiger partial charge on any atom is 3.00 e. The SMILES string of the molecule is O.O.O.O=S(=O)([O-])[O-].[Fe+3]. The molecule has 0 aromatic carbocycles. The molecular formula is H6FeO7S+. The standard InChI is InChI=1S/Fe.H2O4S.3H2O/c;1-5(2,3)4;;;/h;(H2,1,2,3,4);3*1H2/q+3;;;;/p-2. The first kappa shape index (κ1) is 34.8. The van der Waals surface area contributed by atoms with Crippen LogP contribution in [0.25, 0.3) is 0 Å². The van der Waals surface area contributed by atoms with Crippen LogP contribution in [-0.4, -0.2) is 34.0 Å². The van der Waals surface area contributed by atoms with E-state index < -0.39 is 10.4 Å². The smallest absolute Gasteiger partial charge is 0.759 e. The summed E-state index contributed by atoms with van der Waals surface area (Å²) in [6.07, 6.45) is 0. The quantitative estimate of drug-likeness (QED) is 0.224. The first-order chi connectivity index (χ1) is 2.00. The van der Waals surface area contributed by atoms with Crippen LogP contribution in [0.3, 0.4) is 0 Å². The van der Waals surface area contributed by atoms with Crippen molar-refractivity contribution in [3.63, 3.8) is 0 Å². The number of hydrogen-bond acceptors (Lipinski definition) is 4. The van der Waals surface area contributed by atoms with Crippen molar-refractivity contribution in [1.82, 2.24) is 0 Å². The molecule has 0 saturated heterocycles. The van der Waals surface area contributed by atoms with E-state index in [1.165, 1.54) is 0 Å². The van der Waals surface area contributed by atoms with E-state index in [2.05, 4.69) is 0 Å². The van der Waals surface area contributed by atoms with Crippen LogP contribution in [-0.2, 0) is 27.5 Å². The van der Waals surface area contributed by atoms with Gasteiger partial charge in [-0.25, -0.2) is 0 Å². The fourth-order valence-corrected chi connectivity index (χ4v) is 0. The van der Waals surface area contributed by atoms with Gasteiger partial charge in [-0.2, -0.15) is 0 Å². The Bertz CT molecular complexity index is 92.1. The van der Waals surface area contributed by atoms with Crippen molar-refractivity contribution in [3.8, 4) is 0 Å². The average Bonchev–Trinajstić information content (AvgIpc) is 0.722. The third kappa shape index (κ3) is 4480. The van der Waals surface area contributed by atoms with Gasteiger partial charge in [0.25, 0.3) is 0 Å². The van der Waals surface area contributed by atoms with Gasteiger partial charge in [-0.05, 0) is 0 Å². The summed E-state index contributed by atoms with van der Waals surface area (Å²) in [5, 5.41) is 0. The minimum atomic E-state index is -5.17. The van der Waals surface area contributed by atoms with Crippen LogP contribution in [0.2, 0.25) is 0 Å². The third-order valence-corrected chi connectivity index (χ3v) is 0. The summed E-state index contributed by atoms with van der Waals surface area (Å²) in [5.41, 5.74) is 0. The van der Waals surface area contributed by atoms with E-state index in [4.69, 9.17) is 17.5 Å². The molecule has 0 aliphatic carbocycles. The average molecular weight is 206 g/mol. The van der Waals surface area contributed by atoms with Crippen molar-refractivity contribution in [2.24, 2.45) is 0 Å². The van der Waals surface area contributed by atoms with E-state index in [0.717, 1.165) is 0 Å². The molecule has 9 heteroatoms. The first-order valence-electron chi connectivity index (χ1n) is 0.667. The molecule has 0 amide bonds. The van der Waals surface area contributed by atoms with Crippen molar-refractivity contribution in [2.45, 2.75) is 0 Å². The summed E-state index contributed by atoms with van der Waals surface area (Å²) in [7, 11) is -5.17. The molecule has 0 bridgehead atoms. The van der Waals surface area contributed by atoms with Gasteiger partial charge in [0, 0.05) is 10.4 Å². The van der Waals surface area contributed by atoms with Gasteiger partial charge in [-0.15, -0.1) is 0 Å². The Kier molecular flexibility index (Phi) is 43.0. The molecule has 61 valence electrons. The Labute approximate surface area is 62.0 Å².